The fraction of sp³-hybridized carbons (Fsp3) is 0.889. The molecule has 1 heterocycles. The fourth-order valence-electron chi connectivity index (χ4n) is 1.89. The monoisotopic (exact) mass is 225 g/mol. The van der Waals surface area contributed by atoms with Crippen molar-refractivity contribution in [2.24, 2.45) is 0 Å². The van der Waals surface area contributed by atoms with Gasteiger partial charge in [0.15, 0.2) is 0 Å². The third-order valence-corrected chi connectivity index (χ3v) is 2.58. The molecule has 0 saturated carbocycles. The van der Waals surface area contributed by atoms with Crippen LogP contribution in [0, 0.1) is 0 Å². The number of aliphatic hydroxyl groups excluding tert-OH is 1. The molecule has 1 aliphatic rings. The van der Waals surface area contributed by atoms with Gasteiger partial charge in [0.1, 0.15) is 0 Å². The zero-order chi connectivity index (χ0) is 11.5. The molecule has 0 aromatic carbocycles. The zero-order valence-corrected chi connectivity index (χ0v) is 8.26. The van der Waals surface area contributed by atoms with Crippen LogP contribution in [0.15, 0.2) is 0 Å². The van der Waals surface area contributed by atoms with Gasteiger partial charge in [-0.2, -0.15) is 13.2 Å². The number of amides is 1. The van der Waals surface area contributed by atoms with Gasteiger partial charge in [-0.25, -0.2) is 0 Å². The van der Waals surface area contributed by atoms with E-state index in [4.69, 9.17) is 5.11 Å². The minimum absolute atomic E-state index is 0.0510. The normalized spacial score (nSPS) is 22.1. The molecule has 1 aliphatic heterocycles. The van der Waals surface area contributed by atoms with Crippen molar-refractivity contribution in [1.29, 1.82) is 0 Å². The van der Waals surface area contributed by atoms with Crippen molar-refractivity contribution in [1.82, 2.24) is 4.90 Å². The quantitative estimate of drug-likeness (QED) is 0.786. The Hall–Kier alpha value is -0.780. The fourth-order valence-corrected chi connectivity index (χ4v) is 1.89. The van der Waals surface area contributed by atoms with Crippen molar-refractivity contribution >= 4 is 5.91 Å². The summed E-state index contributed by atoms with van der Waals surface area (Å²) in [4.78, 5) is 11.9. The van der Waals surface area contributed by atoms with Crippen LogP contribution in [0.1, 0.15) is 25.7 Å². The van der Waals surface area contributed by atoms with Gasteiger partial charge < -0.3 is 10.0 Å². The van der Waals surface area contributed by atoms with E-state index in [-0.39, 0.29) is 19.2 Å². The van der Waals surface area contributed by atoms with E-state index < -0.39 is 12.1 Å². The molecule has 0 aromatic heterocycles. The first kappa shape index (κ1) is 12.3. The van der Waals surface area contributed by atoms with Gasteiger partial charge in [-0.05, 0) is 25.7 Å². The number of alkyl halides is 3. The van der Waals surface area contributed by atoms with E-state index in [2.05, 4.69) is 0 Å². The van der Waals surface area contributed by atoms with E-state index >= 15 is 0 Å². The van der Waals surface area contributed by atoms with Crippen LogP contribution in [0.3, 0.4) is 0 Å². The van der Waals surface area contributed by atoms with Crippen LogP contribution < -0.4 is 0 Å². The summed E-state index contributed by atoms with van der Waals surface area (Å²) in [6.07, 6.45) is -2.69. The molecule has 0 radical (unpaired) electrons. The lowest BCUT2D eigenvalue weighted by Crippen LogP contribution is -2.43. The number of rotatable bonds is 3. The van der Waals surface area contributed by atoms with Gasteiger partial charge in [0.05, 0.1) is 0 Å². The van der Waals surface area contributed by atoms with Gasteiger partial charge in [-0.1, -0.05) is 0 Å². The Labute approximate surface area is 85.9 Å². The number of hydrogen-bond donors (Lipinski definition) is 1. The summed E-state index contributed by atoms with van der Waals surface area (Å²) in [5, 5.41) is 8.59. The molecule has 1 N–H and O–H groups in total. The Balaban J connectivity index is 2.56. The number of halogens is 3. The van der Waals surface area contributed by atoms with E-state index in [0.717, 1.165) is 4.90 Å². The molecule has 15 heavy (non-hydrogen) atoms. The highest BCUT2D eigenvalue weighted by Gasteiger charge is 2.45. The molecule has 6 heteroatoms. The highest BCUT2D eigenvalue weighted by atomic mass is 19.4. The van der Waals surface area contributed by atoms with Crippen LogP contribution in [0.2, 0.25) is 0 Å². The Morgan fingerprint density at radius 2 is 2.13 bits per heavy atom. The van der Waals surface area contributed by atoms with Crippen molar-refractivity contribution in [3.8, 4) is 0 Å². The first-order valence-electron chi connectivity index (χ1n) is 4.95. The summed E-state index contributed by atoms with van der Waals surface area (Å²) >= 11 is 0. The maximum Gasteiger partial charge on any atom is 0.471 e. The number of nitrogens with zero attached hydrogens (tertiary/aromatic N) is 1. The maximum absolute atomic E-state index is 12.2. The van der Waals surface area contributed by atoms with Crippen molar-refractivity contribution in [3.05, 3.63) is 0 Å². The third-order valence-electron chi connectivity index (χ3n) is 2.58. The SMILES string of the molecule is O=C(N1CCCC1CCCO)C(F)(F)F. The van der Waals surface area contributed by atoms with Crippen LogP contribution in [0.5, 0.6) is 0 Å². The van der Waals surface area contributed by atoms with Gasteiger partial charge in [0.2, 0.25) is 0 Å². The first-order valence-corrected chi connectivity index (χ1v) is 4.95. The minimum atomic E-state index is -4.78. The highest BCUT2D eigenvalue weighted by Crippen LogP contribution is 2.27. The molecule has 1 saturated heterocycles. The molecule has 0 aromatic rings. The summed E-state index contributed by atoms with van der Waals surface area (Å²) < 4.78 is 36.5. The van der Waals surface area contributed by atoms with E-state index in [1.54, 1.807) is 0 Å². The van der Waals surface area contributed by atoms with Crippen molar-refractivity contribution in [3.63, 3.8) is 0 Å². The molecule has 88 valence electrons. The molecule has 1 rings (SSSR count). The summed E-state index contributed by atoms with van der Waals surface area (Å²) in [6.45, 7) is 0.124. The third kappa shape index (κ3) is 3.09. The van der Waals surface area contributed by atoms with Crippen molar-refractivity contribution < 1.29 is 23.1 Å². The number of aliphatic hydroxyl groups is 1. The Kier molecular flexibility index (Phi) is 3.96. The zero-order valence-electron chi connectivity index (χ0n) is 8.26. The second-order valence-corrected chi connectivity index (χ2v) is 3.66. The van der Waals surface area contributed by atoms with Crippen LogP contribution >= 0.6 is 0 Å². The highest BCUT2D eigenvalue weighted by molar-refractivity contribution is 5.82. The first-order chi connectivity index (χ1) is 6.96. The summed E-state index contributed by atoms with van der Waals surface area (Å²) in [7, 11) is 0. The van der Waals surface area contributed by atoms with E-state index in [9.17, 15) is 18.0 Å². The van der Waals surface area contributed by atoms with E-state index in [1.165, 1.54) is 0 Å². The molecule has 1 unspecified atom stereocenters. The second-order valence-electron chi connectivity index (χ2n) is 3.66. The van der Waals surface area contributed by atoms with E-state index in [1.807, 2.05) is 0 Å². The van der Waals surface area contributed by atoms with Gasteiger partial charge in [-0.3, -0.25) is 4.79 Å². The Morgan fingerprint density at radius 1 is 1.47 bits per heavy atom. The van der Waals surface area contributed by atoms with Gasteiger partial charge in [0, 0.05) is 19.2 Å². The Morgan fingerprint density at radius 3 is 2.67 bits per heavy atom. The maximum atomic E-state index is 12.2. The lowest BCUT2D eigenvalue weighted by Gasteiger charge is -2.25. The molecule has 1 amide bonds. The number of carbonyl (C=O) groups is 1. The molecule has 1 fully saturated rings. The summed E-state index contributed by atoms with van der Waals surface area (Å²) in [5.41, 5.74) is 0. The molecule has 0 bridgehead atoms. The van der Waals surface area contributed by atoms with Crippen LogP contribution in [-0.2, 0) is 4.79 Å². The van der Waals surface area contributed by atoms with Gasteiger partial charge in [0.25, 0.3) is 0 Å². The molecular weight excluding hydrogens is 211 g/mol. The predicted octanol–water partition coefficient (Wildman–Crippen LogP) is 1.31. The van der Waals surface area contributed by atoms with Crippen LogP contribution in [0.25, 0.3) is 0 Å². The lowest BCUT2D eigenvalue weighted by molar-refractivity contribution is -0.186. The van der Waals surface area contributed by atoms with Crippen molar-refractivity contribution in [2.75, 3.05) is 13.2 Å². The van der Waals surface area contributed by atoms with Crippen LogP contribution in [-0.4, -0.2) is 41.3 Å². The molecule has 0 aliphatic carbocycles. The number of hydrogen-bond acceptors (Lipinski definition) is 2. The molecule has 1 atom stereocenters. The topological polar surface area (TPSA) is 40.5 Å². The molecule has 3 nitrogen and oxygen atoms in total. The molecular formula is C9H14F3NO2. The largest absolute Gasteiger partial charge is 0.471 e. The predicted molar refractivity (Wildman–Crippen MR) is 47.1 cm³/mol. The Bertz CT molecular complexity index is 230. The van der Waals surface area contributed by atoms with Crippen LogP contribution in [0.4, 0.5) is 13.2 Å². The smallest absolute Gasteiger partial charge is 0.396 e. The van der Waals surface area contributed by atoms with Crippen molar-refractivity contribution in [2.45, 2.75) is 37.9 Å². The van der Waals surface area contributed by atoms with E-state index in [0.29, 0.717) is 25.7 Å². The minimum Gasteiger partial charge on any atom is -0.396 e. The standard InChI is InChI=1S/C9H14F3NO2/c10-9(11,12)8(15)13-5-1-3-7(13)4-2-6-14/h7,14H,1-6H2. The average Bonchev–Trinajstić information content (AvgIpc) is 2.59. The number of likely N-dealkylation sites (tertiary alicyclic amines) is 1. The molecule has 0 spiro atoms. The summed E-state index contributed by atoms with van der Waals surface area (Å²) in [5.74, 6) is -1.75. The second kappa shape index (κ2) is 4.83. The average molecular weight is 225 g/mol. The lowest BCUT2D eigenvalue weighted by atomic mass is 10.1. The van der Waals surface area contributed by atoms with Gasteiger partial charge >= 0.3 is 12.1 Å². The number of carbonyl (C=O) groups excluding carboxylic acids is 1. The summed E-state index contributed by atoms with van der Waals surface area (Å²) in [6, 6.07) is -0.355. The van der Waals surface area contributed by atoms with Gasteiger partial charge in [-0.15, -0.1) is 0 Å².